The highest BCUT2D eigenvalue weighted by Gasteiger charge is 2.32. The zero-order chi connectivity index (χ0) is 10.1. The van der Waals surface area contributed by atoms with Crippen LogP contribution < -0.4 is 5.73 Å². The molecule has 1 aliphatic heterocycles. The summed E-state index contributed by atoms with van der Waals surface area (Å²) in [4.78, 5) is 12.9. The van der Waals surface area contributed by atoms with Crippen LogP contribution in [0.2, 0.25) is 4.47 Å². The van der Waals surface area contributed by atoms with Gasteiger partial charge in [0.2, 0.25) is 10.4 Å². The normalized spacial score (nSPS) is 21.9. The molecule has 1 amide bonds. The van der Waals surface area contributed by atoms with Gasteiger partial charge in [0.15, 0.2) is 0 Å². The van der Waals surface area contributed by atoms with Crippen molar-refractivity contribution in [3.63, 3.8) is 0 Å². The second kappa shape index (κ2) is 3.80. The summed E-state index contributed by atoms with van der Waals surface area (Å²) in [6.45, 7) is 1.49. The highest BCUT2D eigenvalue weighted by Crippen LogP contribution is 2.23. The molecule has 2 N–H and O–H groups in total. The molecule has 0 aromatic carbocycles. The molecule has 2 heterocycles. The number of halogens is 1. The van der Waals surface area contributed by atoms with Gasteiger partial charge in [0, 0.05) is 6.54 Å². The molecule has 5 nitrogen and oxygen atoms in total. The highest BCUT2D eigenvalue weighted by atomic mass is 35.5. The molecule has 1 aromatic heterocycles. The summed E-state index contributed by atoms with van der Waals surface area (Å²) in [6, 6.07) is -0.141. The number of hydrogen-bond donors (Lipinski definition) is 1. The number of hydrogen-bond acceptors (Lipinski definition) is 5. The maximum absolute atomic E-state index is 10.9. The third-order valence-corrected chi connectivity index (χ3v) is 3.24. The lowest BCUT2D eigenvalue weighted by atomic mass is 10.0. The molecular formula is C7H9ClN4OS. The van der Waals surface area contributed by atoms with Crippen LogP contribution in [0.5, 0.6) is 0 Å². The molecule has 1 atom stereocenters. The molecular weight excluding hydrogens is 224 g/mol. The Morgan fingerprint density at radius 3 is 2.93 bits per heavy atom. The number of likely N-dealkylation sites (tertiary alicyclic amines) is 1. The lowest BCUT2D eigenvalue weighted by Crippen LogP contribution is -2.54. The van der Waals surface area contributed by atoms with E-state index in [-0.39, 0.29) is 11.9 Å². The second-order valence-corrected chi connectivity index (χ2v) is 4.77. The topological polar surface area (TPSA) is 72.1 Å². The summed E-state index contributed by atoms with van der Waals surface area (Å²) in [5, 5.41) is 8.38. The number of amides is 1. The Morgan fingerprint density at radius 2 is 2.50 bits per heavy atom. The van der Waals surface area contributed by atoms with Crippen molar-refractivity contribution >= 4 is 28.8 Å². The average molecular weight is 233 g/mol. The van der Waals surface area contributed by atoms with Crippen LogP contribution in [0.25, 0.3) is 0 Å². The van der Waals surface area contributed by atoms with Crippen LogP contribution in [0.4, 0.5) is 0 Å². The van der Waals surface area contributed by atoms with Crippen molar-refractivity contribution in [3.8, 4) is 0 Å². The highest BCUT2D eigenvalue weighted by molar-refractivity contribution is 7.15. The van der Waals surface area contributed by atoms with Gasteiger partial charge >= 0.3 is 0 Å². The third-order valence-electron chi connectivity index (χ3n) is 2.24. The van der Waals surface area contributed by atoms with Crippen LogP contribution in [-0.2, 0) is 11.3 Å². The Balaban J connectivity index is 1.95. The first-order valence-electron chi connectivity index (χ1n) is 4.18. The van der Waals surface area contributed by atoms with Crippen molar-refractivity contribution in [1.82, 2.24) is 15.1 Å². The third kappa shape index (κ3) is 1.87. The molecule has 0 radical (unpaired) electrons. The van der Waals surface area contributed by atoms with Gasteiger partial charge < -0.3 is 5.73 Å². The van der Waals surface area contributed by atoms with Crippen LogP contribution in [0.3, 0.4) is 0 Å². The van der Waals surface area contributed by atoms with Gasteiger partial charge in [-0.05, 0) is 18.0 Å². The first kappa shape index (κ1) is 9.82. The molecule has 14 heavy (non-hydrogen) atoms. The van der Waals surface area contributed by atoms with E-state index in [0.29, 0.717) is 11.0 Å². The quantitative estimate of drug-likeness (QED) is 0.811. The number of carbonyl (C=O) groups excluding carboxylic acids is 1. The Bertz CT molecular complexity index is 355. The molecule has 0 saturated carbocycles. The zero-order valence-corrected chi connectivity index (χ0v) is 8.88. The van der Waals surface area contributed by atoms with E-state index in [0.717, 1.165) is 18.0 Å². The number of rotatable bonds is 3. The van der Waals surface area contributed by atoms with E-state index in [1.807, 2.05) is 4.90 Å². The monoisotopic (exact) mass is 232 g/mol. The molecule has 1 aromatic rings. The lowest BCUT2D eigenvalue weighted by molar-refractivity contribution is -0.127. The standard InChI is InChI=1S/C7H9ClN4OS/c8-7-11-10-5(14-7)3-12-2-1-4(12)6(9)13/h4H,1-3H2,(H2,9,13). The molecule has 0 spiro atoms. The van der Waals surface area contributed by atoms with E-state index in [1.165, 1.54) is 11.3 Å². The fourth-order valence-corrected chi connectivity index (χ4v) is 2.32. The summed E-state index contributed by atoms with van der Waals surface area (Å²) in [6.07, 6.45) is 0.835. The summed E-state index contributed by atoms with van der Waals surface area (Å²) in [5.74, 6) is -0.271. The minimum absolute atomic E-state index is 0.141. The van der Waals surface area contributed by atoms with Crippen molar-refractivity contribution in [2.75, 3.05) is 6.54 Å². The van der Waals surface area contributed by atoms with Crippen molar-refractivity contribution < 1.29 is 4.79 Å². The molecule has 1 fully saturated rings. The van der Waals surface area contributed by atoms with Crippen LogP contribution in [0.1, 0.15) is 11.4 Å². The molecule has 0 aliphatic carbocycles. The Morgan fingerprint density at radius 1 is 1.71 bits per heavy atom. The summed E-state index contributed by atoms with van der Waals surface area (Å²) in [7, 11) is 0. The first-order valence-corrected chi connectivity index (χ1v) is 5.37. The van der Waals surface area contributed by atoms with Crippen molar-refractivity contribution in [3.05, 3.63) is 9.47 Å². The molecule has 76 valence electrons. The number of carbonyl (C=O) groups is 1. The molecule has 1 saturated heterocycles. The van der Waals surface area contributed by atoms with Gasteiger partial charge in [0.1, 0.15) is 5.01 Å². The predicted octanol–water partition coefficient (Wildman–Crippen LogP) is 0.251. The smallest absolute Gasteiger partial charge is 0.234 e. The molecule has 1 aliphatic rings. The lowest BCUT2D eigenvalue weighted by Gasteiger charge is -2.37. The molecule has 0 bridgehead atoms. The molecule has 2 rings (SSSR count). The number of nitrogens with zero attached hydrogens (tertiary/aromatic N) is 3. The van der Waals surface area contributed by atoms with Gasteiger partial charge in [-0.15, -0.1) is 10.2 Å². The predicted molar refractivity (Wildman–Crippen MR) is 52.9 cm³/mol. The van der Waals surface area contributed by atoms with Gasteiger partial charge in [0.05, 0.1) is 12.6 Å². The number of nitrogens with two attached hydrogens (primary N) is 1. The van der Waals surface area contributed by atoms with E-state index < -0.39 is 0 Å². The number of aromatic nitrogens is 2. The fourth-order valence-electron chi connectivity index (χ4n) is 1.42. The van der Waals surface area contributed by atoms with Crippen LogP contribution >= 0.6 is 22.9 Å². The summed E-state index contributed by atoms with van der Waals surface area (Å²) < 4.78 is 0.427. The van der Waals surface area contributed by atoms with E-state index in [2.05, 4.69) is 10.2 Å². The van der Waals surface area contributed by atoms with Crippen molar-refractivity contribution in [2.24, 2.45) is 5.73 Å². The van der Waals surface area contributed by atoms with Gasteiger partial charge in [-0.25, -0.2) is 0 Å². The Hall–Kier alpha value is -0.720. The van der Waals surface area contributed by atoms with Gasteiger partial charge in [0.25, 0.3) is 0 Å². The minimum atomic E-state index is -0.271. The van der Waals surface area contributed by atoms with E-state index in [4.69, 9.17) is 17.3 Å². The van der Waals surface area contributed by atoms with E-state index in [9.17, 15) is 4.79 Å². The Labute approximate surface area is 89.9 Å². The maximum Gasteiger partial charge on any atom is 0.234 e. The van der Waals surface area contributed by atoms with Gasteiger partial charge in [-0.3, -0.25) is 9.69 Å². The van der Waals surface area contributed by atoms with E-state index in [1.54, 1.807) is 0 Å². The SMILES string of the molecule is NC(=O)C1CCN1Cc1nnc(Cl)s1. The summed E-state index contributed by atoms with van der Waals surface area (Å²) >= 11 is 6.97. The van der Waals surface area contributed by atoms with E-state index >= 15 is 0 Å². The minimum Gasteiger partial charge on any atom is -0.368 e. The Kier molecular flexibility index (Phi) is 2.66. The largest absolute Gasteiger partial charge is 0.368 e. The van der Waals surface area contributed by atoms with Gasteiger partial charge in [-0.1, -0.05) is 11.3 Å². The van der Waals surface area contributed by atoms with Gasteiger partial charge in [-0.2, -0.15) is 0 Å². The number of primary amides is 1. The second-order valence-electron chi connectivity index (χ2n) is 3.13. The molecule has 7 heteroatoms. The van der Waals surface area contributed by atoms with Crippen LogP contribution in [-0.4, -0.2) is 33.6 Å². The van der Waals surface area contributed by atoms with Crippen LogP contribution in [0, 0.1) is 0 Å². The average Bonchev–Trinajstić information content (AvgIpc) is 2.44. The summed E-state index contributed by atoms with van der Waals surface area (Å²) in [5.41, 5.74) is 5.21. The van der Waals surface area contributed by atoms with Crippen molar-refractivity contribution in [1.29, 1.82) is 0 Å². The zero-order valence-electron chi connectivity index (χ0n) is 7.31. The van der Waals surface area contributed by atoms with Crippen molar-refractivity contribution in [2.45, 2.75) is 19.0 Å². The molecule has 1 unspecified atom stereocenters. The maximum atomic E-state index is 10.9. The first-order chi connectivity index (χ1) is 6.66. The fraction of sp³-hybridized carbons (Fsp3) is 0.571. The van der Waals surface area contributed by atoms with Crippen LogP contribution in [0.15, 0.2) is 0 Å².